The van der Waals surface area contributed by atoms with E-state index < -0.39 is 0 Å². The van der Waals surface area contributed by atoms with E-state index in [4.69, 9.17) is 12.2 Å². The Morgan fingerprint density at radius 2 is 1.92 bits per heavy atom. The van der Waals surface area contributed by atoms with Gasteiger partial charge in [0.25, 0.3) is 0 Å². The van der Waals surface area contributed by atoms with Gasteiger partial charge in [0.05, 0.1) is 0 Å². The first kappa shape index (κ1) is 17.1. The number of nitrogens with one attached hydrogen (secondary N) is 2. The van der Waals surface area contributed by atoms with E-state index in [-0.39, 0.29) is 0 Å². The summed E-state index contributed by atoms with van der Waals surface area (Å²) < 4.78 is 2.35. The van der Waals surface area contributed by atoms with E-state index in [0.29, 0.717) is 5.11 Å². The molecule has 3 nitrogen and oxygen atoms in total. The molecular formula is C19H23N3S2. The number of benzene rings is 2. The van der Waals surface area contributed by atoms with Crippen LogP contribution in [0.1, 0.15) is 13.3 Å². The number of anilines is 1. The Hall–Kier alpha value is -1.72. The lowest BCUT2D eigenvalue weighted by atomic mass is 10.1. The molecule has 24 heavy (non-hydrogen) atoms. The normalized spacial score (nSPS) is 11.1. The molecular weight excluding hydrogens is 334 g/mol. The molecule has 0 aliphatic heterocycles. The maximum Gasteiger partial charge on any atom is 0.170 e. The van der Waals surface area contributed by atoms with E-state index >= 15 is 0 Å². The standard InChI is InChI=1S/C19H23N3S2/c1-3-22-17-8-5-4-7-15(17)16-13-14(9-10-18(16)22)21-19(23)20-11-6-12-24-2/h4-5,7-10,13H,3,6,11-12H2,1-2H3,(H2,20,21,23). The molecule has 0 spiro atoms. The topological polar surface area (TPSA) is 29.0 Å². The molecule has 0 unspecified atom stereocenters. The average molecular weight is 358 g/mol. The highest BCUT2D eigenvalue weighted by atomic mass is 32.2. The summed E-state index contributed by atoms with van der Waals surface area (Å²) in [6.07, 6.45) is 3.24. The minimum Gasteiger partial charge on any atom is -0.362 e. The van der Waals surface area contributed by atoms with Gasteiger partial charge in [0.15, 0.2) is 5.11 Å². The summed E-state index contributed by atoms with van der Waals surface area (Å²) in [5.74, 6) is 1.15. The van der Waals surface area contributed by atoms with Crippen molar-refractivity contribution in [2.45, 2.75) is 19.9 Å². The van der Waals surface area contributed by atoms with E-state index in [1.807, 2.05) is 11.8 Å². The summed E-state index contributed by atoms with van der Waals surface area (Å²) in [6, 6.07) is 15.0. The van der Waals surface area contributed by atoms with Crippen molar-refractivity contribution >= 4 is 56.6 Å². The van der Waals surface area contributed by atoms with Gasteiger partial charge in [-0.2, -0.15) is 11.8 Å². The van der Waals surface area contributed by atoms with Crippen LogP contribution in [0.2, 0.25) is 0 Å². The quantitative estimate of drug-likeness (QED) is 0.487. The Labute approximate surface area is 152 Å². The molecule has 0 saturated heterocycles. The van der Waals surface area contributed by atoms with Crippen LogP contribution in [0.5, 0.6) is 0 Å². The highest BCUT2D eigenvalue weighted by molar-refractivity contribution is 7.98. The van der Waals surface area contributed by atoms with Gasteiger partial charge in [-0.05, 0) is 61.8 Å². The van der Waals surface area contributed by atoms with Crippen molar-refractivity contribution in [1.29, 1.82) is 0 Å². The van der Waals surface area contributed by atoms with E-state index in [2.05, 4.69) is 70.8 Å². The molecule has 0 radical (unpaired) electrons. The summed E-state index contributed by atoms with van der Waals surface area (Å²) in [5.41, 5.74) is 3.58. The number of hydrogen-bond donors (Lipinski definition) is 2. The van der Waals surface area contributed by atoms with Crippen LogP contribution in [-0.2, 0) is 6.54 Å². The lowest BCUT2D eigenvalue weighted by Crippen LogP contribution is -2.29. The average Bonchev–Trinajstić information content (AvgIpc) is 2.92. The predicted octanol–water partition coefficient (Wildman–Crippen LogP) is 4.85. The Kier molecular flexibility index (Phi) is 5.63. The van der Waals surface area contributed by atoms with Crippen molar-refractivity contribution in [3.63, 3.8) is 0 Å². The van der Waals surface area contributed by atoms with Crippen LogP contribution in [0.3, 0.4) is 0 Å². The maximum absolute atomic E-state index is 5.40. The number of rotatable bonds is 6. The second kappa shape index (κ2) is 7.90. The number of hydrogen-bond acceptors (Lipinski definition) is 2. The first-order valence-electron chi connectivity index (χ1n) is 8.29. The highest BCUT2D eigenvalue weighted by Gasteiger charge is 2.09. The van der Waals surface area contributed by atoms with Gasteiger partial charge in [-0.25, -0.2) is 0 Å². The van der Waals surface area contributed by atoms with Gasteiger partial charge in [-0.3, -0.25) is 0 Å². The predicted molar refractivity (Wildman–Crippen MR) is 112 cm³/mol. The van der Waals surface area contributed by atoms with Crippen LogP contribution in [0.15, 0.2) is 42.5 Å². The van der Waals surface area contributed by atoms with Crippen molar-refractivity contribution in [3.05, 3.63) is 42.5 Å². The summed E-state index contributed by atoms with van der Waals surface area (Å²) in [4.78, 5) is 0. The lowest BCUT2D eigenvalue weighted by molar-refractivity contribution is 0.827. The molecule has 3 aromatic rings. The maximum atomic E-state index is 5.40. The van der Waals surface area contributed by atoms with Crippen LogP contribution in [0, 0.1) is 0 Å². The Morgan fingerprint density at radius 1 is 1.12 bits per heavy atom. The molecule has 3 rings (SSSR count). The zero-order valence-corrected chi connectivity index (χ0v) is 15.8. The first-order valence-corrected chi connectivity index (χ1v) is 10.1. The van der Waals surface area contributed by atoms with Gasteiger partial charge in [0.1, 0.15) is 0 Å². The van der Waals surface area contributed by atoms with Crippen LogP contribution >= 0.6 is 24.0 Å². The number of fused-ring (bicyclic) bond motifs is 3. The van der Waals surface area contributed by atoms with E-state index in [1.165, 1.54) is 21.8 Å². The molecule has 1 heterocycles. The molecule has 126 valence electrons. The molecule has 2 aromatic carbocycles. The van der Waals surface area contributed by atoms with E-state index in [9.17, 15) is 0 Å². The van der Waals surface area contributed by atoms with Gasteiger partial charge in [0, 0.05) is 40.6 Å². The third kappa shape index (κ3) is 3.52. The third-order valence-electron chi connectivity index (χ3n) is 4.16. The Morgan fingerprint density at radius 3 is 2.71 bits per heavy atom. The minimum atomic E-state index is 0.690. The van der Waals surface area contributed by atoms with Gasteiger partial charge in [0.2, 0.25) is 0 Å². The van der Waals surface area contributed by atoms with Crippen LogP contribution in [-0.4, -0.2) is 28.2 Å². The van der Waals surface area contributed by atoms with Crippen LogP contribution in [0.4, 0.5) is 5.69 Å². The molecule has 0 aliphatic rings. The number of para-hydroxylation sites is 1. The van der Waals surface area contributed by atoms with Crippen LogP contribution in [0.25, 0.3) is 21.8 Å². The van der Waals surface area contributed by atoms with Gasteiger partial charge in [-0.1, -0.05) is 18.2 Å². The monoisotopic (exact) mass is 357 g/mol. The second-order valence-corrected chi connectivity index (χ2v) is 7.11. The SMILES string of the molecule is CCn1c2ccccc2c2cc(NC(=S)NCCCSC)ccc21. The first-order chi connectivity index (χ1) is 11.7. The molecule has 0 fully saturated rings. The summed E-state index contributed by atoms with van der Waals surface area (Å²) in [7, 11) is 0. The van der Waals surface area contributed by atoms with Crippen molar-refractivity contribution in [3.8, 4) is 0 Å². The lowest BCUT2D eigenvalue weighted by Gasteiger charge is -2.10. The molecule has 1 aromatic heterocycles. The Balaban J connectivity index is 1.83. The number of nitrogens with zero attached hydrogens (tertiary/aromatic N) is 1. The fourth-order valence-corrected chi connectivity index (χ4v) is 3.72. The molecule has 0 atom stereocenters. The molecule has 0 aliphatic carbocycles. The minimum absolute atomic E-state index is 0.690. The smallest absolute Gasteiger partial charge is 0.170 e. The molecule has 5 heteroatoms. The zero-order valence-electron chi connectivity index (χ0n) is 14.1. The van der Waals surface area contributed by atoms with E-state index in [1.54, 1.807) is 0 Å². The van der Waals surface area contributed by atoms with Crippen molar-refractivity contribution < 1.29 is 0 Å². The fraction of sp³-hybridized carbons (Fsp3) is 0.316. The van der Waals surface area contributed by atoms with Crippen molar-refractivity contribution in [1.82, 2.24) is 9.88 Å². The Bertz CT molecular complexity index is 854. The molecule has 0 bridgehead atoms. The summed E-state index contributed by atoms with van der Waals surface area (Å²) in [6.45, 7) is 4.06. The number of aryl methyl sites for hydroxylation is 1. The largest absolute Gasteiger partial charge is 0.362 e. The summed E-state index contributed by atoms with van der Waals surface area (Å²) >= 11 is 7.26. The molecule has 2 N–H and O–H groups in total. The fourth-order valence-electron chi connectivity index (χ4n) is 3.07. The highest BCUT2D eigenvalue weighted by Crippen LogP contribution is 2.30. The van der Waals surface area contributed by atoms with Gasteiger partial charge in [-0.15, -0.1) is 0 Å². The third-order valence-corrected chi connectivity index (χ3v) is 5.10. The zero-order chi connectivity index (χ0) is 16.9. The van der Waals surface area contributed by atoms with Gasteiger partial charge >= 0.3 is 0 Å². The molecule has 0 amide bonds. The van der Waals surface area contributed by atoms with Crippen molar-refractivity contribution in [2.75, 3.05) is 23.9 Å². The summed E-state index contributed by atoms with van der Waals surface area (Å²) in [5, 5.41) is 9.82. The number of thiocarbonyl (C=S) groups is 1. The van der Waals surface area contributed by atoms with Gasteiger partial charge < -0.3 is 15.2 Å². The molecule has 0 saturated carbocycles. The number of aromatic nitrogens is 1. The van der Waals surface area contributed by atoms with Crippen molar-refractivity contribution in [2.24, 2.45) is 0 Å². The van der Waals surface area contributed by atoms with Crippen LogP contribution < -0.4 is 10.6 Å². The second-order valence-electron chi connectivity index (χ2n) is 5.72. The van der Waals surface area contributed by atoms with E-state index in [0.717, 1.165) is 31.0 Å². The number of thioether (sulfide) groups is 1.